The van der Waals surface area contributed by atoms with Crippen LogP contribution in [-0.4, -0.2) is 36.2 Å². The van der Waals surface area contributed by atoms with Crippen molar-refractivity contribution in [2.45, 2.75) is 64.4 Å². The third kappa shape index (κ3) is 4.29. The lowest BCUT2D eigenvalue weighted by molar-refractivity contribution is -0.0592. The van der Waals surface area contributed by atoms with Crippen LogP contribution in [0.25, 0.3) is 0 Å². The molecule has 0 bridgehead atoms. The van der Waals surface area contributed by atoms with E-state index in [1.165, 1.54) is 24.0 Å². The second-order valence-corrected chi connectivity index (χ2v) is 6.61. The van der Waals surface area contributed by atoms with Crippen molar-refractivity contribution in [1.82, 2.24) is 10.2 Å². The summed E-state index contributed by atoms with van der Waals surface area (Å²) in [5, 5.41) is 3.57. The van der Waals surface area contributed by atoms with E-state index < -0.39 is 0 Å². The van der Waals surface area contributed by atoms with Gasteiger partial charge in [0.25, 0.3) is 0 Å². The van der Waals surface area contributed by atoms with Crippen molar-refractivity contribution in [3.8, 4) is 0 Å². The minimum Gasteiger partial charge on any atom is -0.376 e. The Morgan fingerprint density at radius 2 is 1.90 bits per heavy atom. The van der Waals surface area contributed by atoms with Gasteiger partial charge >= 0.3 is 0 Å². The standard InChI is InChI=1S/C18H28N2O/c1-3-18-13-21-14(2)11-20(18)12-16-6-4-15(5-7-16)10-19-17-8-9-17/h4-7,14,17-19H,3,8-13H2,1-2H3. The largest absolute Gasteiger partial charge is 0.376 e. The van der Waals surface area contributed by atoms with Crippen molar-refractivity contribution in [3.05, 3.63) is 35.4 Å². The molecule has 0 amide bonds. The van der Waals surface area contributed by atoms with Crippen molar-refractivity contribution >= 4 is 0 Å². The summed E-state index contributed by atoms with van der Waals surface area (Å²) in [6, 6.07) is 10.5. The number of nitrogens with zero attached hydrogens (tertiary/aromatic N) is 1. The number of ether oxygens (including phenoxy) is 1. The van der Waals surface area contributed by atoms with Gasteiger partial charge in [-0.3, -0.25) is 4.90 Å². The average Bonchev–Trinajstić information content (AvgIpc) is 3.31. The van der Waals surface area contributed by atoms with Crippen molar-refractivity contribution in [3.63, 3.8) is 0 Å². The highest BCUT2D eigenvalue weighted by molar-refractivity contribution is 5.22. The van der Waals surface area contributed by atoms with Crippen LogP contribution in [0.2, 0.25) is 0 Å². The van der Waals surface area contributed by atoms with Gasteiger partial charge in [-0.25, -0.2) is 0 Å². The minimum absolute atomic E-state index is 0.356. The molecule has 116 valence electrons. The first kappa shape index (κ1) is 15.0. The minimum atomic E-state index is 0.356. The predicted octanol–water partition coefficient (Wildman–Crippen LogP) is 2.94. The molecule has 1 heterocycles. The molecule has 0 radical (unpaired) electrons. The van der Waals surface area contributed by atoms with Gasteiger partial charge in [0.2, 0.25) is 0 Å². The number of rotatable bonds is 6. The summed E-state index contributed by atoms with van der Waals surface area (Å²) in [5.74, 6) is 0. The summed E-state index contributed by atoms with van der Waals surface area (Å²) < 4.78 is 5.78. The normalized spacial score (nSPS) is 27.0. The first-order valence-electron chi connectivity index (χ1n) is 8.41. The van der Waals surface area contributed by atoms with E-state index in [1.54, 1.807) is 0 Å². The third-order valence-electron chi connectivity index (χ3n) is 4.63. The molecule has 3 nitrogen and oxygen atoms in total. The molecular weight excluding hydrogens is 260 g/mol. The van der Waals surface area contributed by atoms with Crippen LogP contribution >= 0.6 is 0 Å². The van der Waals surface area contributed by atoms with Gasteiger partial charge in [-0.05, 0) is 37.3 Å². The molecule has 1 aromatic carbocycles. The van der Waals surface area contributed by atoms with E-state index in [4.69, 9.17) is 4.74 Å². The first-order valence-corrected chi connectivity index (χ1v) is 8.41. The lowest BCUT2D eigenvalue weighted by atomic mass is 10.1. The maximum absolute atomic E-state index is 5.78. The second-order valence-electron chi connectivity index (χ2n) is 6.61. The number of nitrogens with one attached hydrogen (secondary N) is 1. The summed E-state index contributed by atoms with van der Waals surface area (Å²) in [6.45, 7) is 8.40. The molecule has 0 spiro atoms. The fraction of sp³-hybridized carbons (Fsp3) is 0.667. The summed E-state index contributed by atoms with van der Waals surface area (Å²) in [7, 11) is 0. The molecule has 2 fully saturated rings. The highest BCUT2D eigenvalue weighted by Gasteiger charge is 2.25. The zero-order chi connectivity index (χ0) is 14.7. The fourth-order valence-electron chi connectivity index (χ4n) is 3.03. The van der Waals surface area contributed by atoms with Crippen molar-refractivity contribution in [1.29, 1.82) is 0 Å². The van der Waals surface area contributed by atoms with Crippen molar-refractivity contribution < 1.29 is 4.74 Å². The van der Waals surface area contributed by atoms with Crippen molar-refractivity contribution in [2.24, 2.45) is 0 Å². The molecule has 0 aromatic heterocycles. The molecule has 2 aliphatic rings. The van der Waals surface area contributed by atoms with Gasteiger partial charge < -0.3 is 10.1 Å². The molecule has 3 heteroatoms. The van der Waals surface area contributed by atoms with E-state index >= 15 is 0 Å². The van der Waals surface area contributed by atoms with Gasteiger partial charge in [0.1, 0.15) is 0 Å². The van der Waals surface area contributed by atoms with Crippen LogP contribution in [0.3, 0.4) is 0 Å². The van der Waals surface area contributed by atoms with Gasteiger partial charge in [-0.15, -0.1) is 0 Å². The van der Waals surface area contributed by atoms with Crippen LogP contribution in [0.4, 0.5) is 0 Å². The van der Waals surface area contributed by atoms with E-state index in [0.717, 1.165) is 38.7 Å². The Labute approximate surface area is 128 Å². The van der Waals surface area contributed by atoms with Gasteiger partial charge in [-0.1, -0.05) is 31.2 Å². The van der Waals surface area contributed by atoms with Crippen LogP contribution in [-0.2, 0) is 17.8 Å². The second kappa shape index (κ2) is 6.91. The van der Waals surface area contributed by atoms with E-state index in [9.17, 15) is 0 Å². The third-order valence-corrected chi connectivity index (χ3v) is 4.63. The first-order chi connectivity index (χ1) is 10.2. The van der Waals surface area contributed by atoms with E-state index in [-0.39, 0.29) is 0 Å². The lowest BCUT2D eigenvalue weighted by Crippen LogP contribution is -2.47. The van der Waals surface area contributed by atoms with Crippen LogP contribution < -0.4 is 5.32 Å². The average molecular weight is 288 g/mol. The summed E-state index contributed by atoms with van der Waals surface area (Å²) in [6.07, 6.45) is 4.22. The Kier molecular flexibility index (Phi) is 4.94. The number of benzene rings is 1. The molecule has 1 N–H and O–H groups in total. The predicted molar refractivity (Wildman–Crippen MR) is 86.2 cm³/mol. The highest BCUT2D eigenvalue weighted by Crippen LogP contribution is 2.20. The number of morpholine rings is 1. The topological polar surface area (TPSA) is 24.5 Å². The Bertz CT molecular complexity index is 441. The van der Waals surface area contributed by atoms with E-state index in [2.05, 4.69) is 48.3 Å². The molecule has 1 aliphatic heterocycles. The number of hydrogen-bond acceptors (Lipinski definition) is 3. The quantitative estimate of drug-likeness (QED) is 0.871. The molecule has 3 rings (SSSR count). The Morgan fingerprint density at radius 1 is 1.19 bits per heavy atom. The summed E-state index contributed by atoms with van der Waals surface area (Å²) in [4.78, 5) is 2.58. The monoisotopic (exact) mass is 288 g/mol. The van der Waals surface area contributed by atoms with Crippen LogP contribution in [0.5, 0.6) is 0 Å². The molecule has 2 atom stereocenters. The Morgan fingerprint density at radius 3 is 2.57 bits per heavy atom. The van der Waals surface area contributed by atoms with E-state index in [0.29, 0.717) is 12.1 Å². The van der Waals surface area contributed by atoms with Crippen LogP contribution in [0, 0.1) is 0 Å². The summed E-state index contributed by atoms with van der Waals surface area (Å²) in [5.41, 5.74) is 2.81. The molecular formula is C18H28N2O. The zero-order valence-electron chi connectivity index (χ0n) is 13.3. The van der Waals surface area contributed by atoms with Gasteiger partial charge in [0, 0.05) is 31.7 Å². The molecule has 1 saturated heterocycles. The van der Waals surface area contributed by atoms with Gasteiger partial charge in [0.15, 0.2) is 0 Å². The van der Waals surface area contributed by atoms with Gasteiger partial charge in [-0.2, -0.15) is 0 Å². The zero-order valence-corrected chi connectivity index (χ0v) is 13.3. The fourth-order valence-corrected chi connectivity index (χ4v) is 3.03. The van der Waals surface area contributed by atoms with Crippen LogP contribution in [0.1, 0.15) is 44.2 Å². The highest BCUT2D eigenvalue weighted by atomic mass is 16.5. The van der Waals surface area contributed by atoms with Gasteiger partial charge in [0.05, 0.1) is 12.7 Å². The van der Waals surface area contributed by atoms with Crippen molar-refractivity contribution in [2.75, 3.05) is 13.2 Å². The maximum atomic E-state index is 5.78. The molecule has 1 aliphatic carbocycles. The smallest absolute Gasteiger partial charge is 0.0674 e. The molecule has 21 heavy (non-hydrogen) atoms. The van der Waals surface area contributed by atoms with E-state index in [1.807, 2.05) is 0 Å². The van der Waals surface area contributed by atoms with Crippen LogP contribution in [0.15, 0.2) is 24.3 Å². The maximum Gasteiger partial charge on any atom is 0.0674 e. The lowest BCUT2D eigenvalue weighted by Gasteiger charge is -2.38. The molecule has 2 unspecified atom stereocenters. The SMILES string of the molecule is CCC1COC(C)CN1Cc1ccc(CNC2CC2)cc1. The Hall–Kier alpha value is -0.900. The molecule has 1 saturated carbocycles. The Balaban J connectivity index is 1.55. The summed E-state index contributed by atoms with van der Waals surface area (Å²) >= 11 is 0. The number of hydrogen-bond donors (Lipinski definition) is 1. The molecule has 1 aromatic rings.